The summed E-state index contributed by atoms with van der Waals surface area (Å²) in [5.74, 6) is 0. The molecule has 0 heterocycles. The Morgan fingerprint density at radius 2 is 2.44 bits per heavy atom. The van der Waals surface area contributed by atoms with Gasteiger partial charge in [0.2, 0.25) is 0 Å². The zero-order valence-corrected chi connectivity index (χ0v) is 6.30. The Bertz CT molecular complexity index is 107. The maximum atomic E-state index is 2.38. The molecule has 0 aromatic rings. The Morgan fingerprint density at radius 3 is 2.89 bits per heavy atom. The molecule has 1 aliphatic carbocycles. The average molecular weight is 125 g/mol. The quantitative estimate of drug-likeness (QED) is 0.507. The number of rotatable bonds is 2. The molecule has 1 heteroatoms. The summed E-state index contributed by atoms with van der Waals surface area (Å²) in [5.41, 5.74) is 0. The van der Waals surface area contributed by atoms with E-state index in [2.05, 4.69) is 31.0 Å². The molecule has 0 saturated heterocycles. The number of nitrogens with zero attached hydrogens (tertiary/aromatic N) is 1. The average Bonchev–Trinajstić information content (AvgIpc) is 2.37. The second-order valence-electron chi connectivity index (χ2n) is 2.65. The highest BCUT2D eigenvalue weighted by Gasteiger charge is 2.11. The number of hydrogen-bond acceptors (Lipinski definition) is 1. The Balaban J connectivity index is 2.33. The third-order valence-electron chi connectivity index (χ3n) is 2.05. The van der Waals surface area contributed by atoms with E-state index in [4.69, 9.17) is 0 Å². The molecule has 1 unspecified atom stereocenters. The molecule has 0 spiro atoms. The highest BCUT2D eigenvalue weighted by atomic mass is 15.1. The fourth-order valence-electron chi connectivity index (χ4n) is 1.22. The van der Waals surface area contributed by atoms with Gasteiger partial charge in [0.1, 0.15) is 0 Å². The molecule has 0 fully saturated rings. The van der Waals surface area contributed by atoms with E-state index >= 15 is 0 Å². The van der Waals surface area contributed by atoms with Gasteiger partial charge in [-0.2, -0.15) is 0 Å². The van der Waals surface area contributed by atoms with Crippen molar-refractivity contribution in [2.75, 3.05) is 13.6 Å². The fourth-order valence-corrected chi connectivity index (χ4v) is 1.22. The Morgan fingerprint density at radius 1 is 1.67 bits per heavy atom. The van der Waals surface area contributed by atoms with Crippen molar-refractivity contribution in [1.29, 1.82) is 0 Å². The number of hydrogen-bond donors (Lipinski definition) is 0. The number of likely N-dealkylation sites (N-methyl/N-ethyl adjacent to an activating group) is 1. The largest absolute Gasteiger partial charge is 0.300 e. The van der Waals surface area contributed by atoms with Crippen LogP contribution in [-0.4, -0.2) is 24.5 Å². The minimum Gasteiger partial charge on any atom is -0.300 e. The molecule has 1 rings (SSSR count). The molecule has 1 atom stereocenters. The lowest BCUT2D eigenvalue weighted by molar-refractivity contribution is 0.294. The van der Waals surface area contributed by atoms with Crippen molar-refractivity contribution in [1.82, 2.24) is 4.90 Å². The summed E-state index contributed by atoms with van der Waals surface area (Å²) in [6.07, 6.45) is 7.18. The van der Waals surface area contributed by atoms with E-state index < -0.39 is 0 Å². The molecule has 1 aliphatic rings. The van der Waals surface area contributed by atoms with Crippen LogP contribution < -0.4 is 0 Å². The molecule has 1 nitrogen and oxygen atoms in total. The first-order chi connectivity index (χ1) is 4.34. The summed E-state index contributed by atoms with van der Waals surface area (Å²) < 4.78 is 0. The van der Waals surface area contributed by atoms with Crippen molar-refractivity contribution < 1.29 is 0 Å². The number of allylic oxidation sites excluding steroid dienone is 1. The van der Waals surface area contributed by atoms with Crippen molar-refractivity contribution in [2.45, 2.75) is 25.8 Å². The Kier molecular flexibility index (Phi) is 2.29. The monoisotopic (exact) mass is 125 g/mol. The first-order valence-electron chi connectivity index (χ1n) is 3.71. The molecule has 0 aromatic carbocycles. The topological polar surface area (TPSA) is 3.24 Å². The Labute approximate surface area is 57.4 Å². The molecule has 0 radical (unpaired) electrons. The van der Waals surface area contributed by atoms with E-state index in [0.717, 1.165) is 12.6 Å². The van der Waals surface area contributed by atoms with Crippen LogP contribution in [0.25, 0.3) is 0 Å². The van der Waals surface area contributed by atoms with Gasteiger partial charge in [-0.25, -0.2) is 0 Å². The SMILES string of the molecule is CCN(C)C1C=CCC1. The molecule has 0 aliphatic heterocycles. The van der Waals surface area contributed by atoms with Gasteiger partial charge in [-0.1, -0.05) is 19.1 Å². The third kappa shape index (κ3) is 1.55. The van der Waals surface area contributed by atoms with Crippen LogP contribution in [0.5, 0.6) is 0 Å². The predicted octanol–water partition coefficient (Wildman–Crippen LogP) is 1.66. The summed E-state index contributed by atoms with van der Waals surface area (Å²) in [5, 5.41) is 0. The van der Waals surface area contributed by atoms with Crippen molar-refractivity contribution in [3.8, 4) is 0 Å². The summed E-state index contributed by atoms with van der Waals surface area (Å²) in [6, 6.07) is 0.731. The van der Waals surface area contributed by atoms with Crippen LogP contribution in [-0.2, 0) is 0 Å². The van der Waals surface area contributed by atoms with Crippen molar-refractivity contribution in [2.24, 2.45) is 0 Å². The zero-order valence-electron chi connectivity index (χ0n) is 6.30. The summed E-state index contributed by atoms with van der Waals surface area (Å²) in [7, 11) is 2.18. The van der Waals surface area contributed by atoms with Gasteiger partial charge in [-0.3, -0.25) is 0 Å². The molecule has 0 bridgehead atoms. The molecule has 0 aromatic heterocycles. The van der Waals surface area contributed by atoms with E-state index in [1.165, 1.54) is 12.8 Å². The van der Waals surface area contributed by atoms with Crippen LogP contribution in [0.3, 0.4) is 0 Å². The minimum absolute atomic E-state index is 0.731. The molecule has 0 saturated carbocycles. The lowest BCUT2D eigenvalue weighted by Crippen LogP contribution is -2.27. The van der Waals surface area contributed by atoms with Gasteiger partial charge in [-0.05, 0) is 26.4 Å². The van der Waals surface area contributed by atoms with E-state index in [-0.39, 0.29) is 0 Å². The van der Waals surface area contributed by atoms with Gasteiger partial charge in [0, 0.05) is 6.04 Å². The van der Waals surface area contributed by atoms with Crippen molar-refractivity contribution in [3.05, 3.63) is 12.2 Å². The second-order valence-corrected chi connectivity index (χ2v) is 2.65. The maximum absolute atomic E-state index is 2.38. The van der Waals surface area contributed by atoms with Crippen LogP contribution in [0.1, 0.15) is 19.8 Å². The molecule has 52 valence electrons. The lowest BCUT2D eigenvalue weighted by atomic mass is 10.2. The Hall–Kier alpha value is -0.300. The third-order valence-corrected chi connectivity index (χ3v) is 2.05. The highest BCUT2D eigenvalue weighted by molar-refractivity contribution is 5.00. The van der Waals surface area contributed by atoms with Gasteiger partial charge >= 0.3 is 0 Å². The van der Waals surface area contributed by atoms with Crippen LogP contribution in [0.15, 0.2) is 12.2 Å². The first-order valence-corrected chi connectivity index (χ1v) is 3.71. The lowest BCUT2D eigenvalue weighted by Gasteiger charge is -2.20. The predicted molar refractivity (Wildman–Crippen MR) is 40.5 cm³/mol. The normalized spacial score (nSPS) is 25.9. The molecular weight excluding hydrogens is 110 g/mol. The summed E-state index contributed by atoms with van der Waals surface area (Å²) in [4.78, 5) is 2.38. The smallest absolute Gasteiger partial charge is 0.0277 e. The minimum atomic E-state index is 0.731. The van der Waals surface area contributed by atoms with E-state index in [1.54, 1.807) is 0 Å². The van der Waals surface area contributed by atoms with Crippen molar-refractivity contribution >= 4 is 0 Å². The maximum Gasteiger partial charge on any atom is 0.0277 e. The zero-order chi connectivity index (χ0) is 6.69. The van der Waals surface area contributed by atoms with Crippen molar-refractivity contribution in [3.63, 3.8) is 0 Å². The van der Waals surface area contributed by atoms with Crippen LogP contribution >= 0.6 is 0 Å². The van der Waals surface area contributed by atoms with E-state index in [9.17, 15) is 0 Å². The molecule has 0 amide bonds. The fraction of sp³-hybridized carbons (Fsp3) is 0.750. The molecular formula is C8H15N. The van der Waals surface area contributed by atoms with Gasteiger partial charge < -0.3 is 4.90 Å². The van der Waals surface area contributed by atoms with Gasteiger partial charge in [0.05, 0.1) is 0 Å². The second kappa shape index (κ2) is 3.02. The standard InChI is InChI=1S/C8H15N/c1-3-9(2)8-6-4-5-7-8/h4,6,8H,3,5,7H2,1-2H3. The first kappa shape index (κ1) is 6.81. The van der Waals surface area contributed by atoms with Crippen LogP contribution in [0.4, 0.5) is 0 Å². The summed E-state index contributed by atoms with van der Waals surface area (Å²) >= 11 is 0. The van der Waals surface area contributed by atoms with E-state index in [1.807, 2.05) is 0 Å². The summed E-state index contributed by atoms with van der Waals surface area (Å²) in [6.45, 7) is 3.36. The van der Waals surface area contributed by atoms with Crippen LogP contribution in [0.2, 0.25) is 0 Å². The molecule has 0 N–H and O–H groups in total. The molecule has 9 heavy (non-hydrogen) atoms. The van der Waals surface area contributed by atoms with Gasteiger partial charge in [0.25, 0.3) is 0 Å². The van der Waals surface area contributed by atoms with Crippen LogP contribution in [0, 0.1) is 0 Å². The van der Waals surface area contributed by atoms with Gasteiger partial charge in [-0.15, -0.1) is 0 Å². The van der Waals surface area contributed by atoms with Gasteiger partial charge in [0.15, 0.2) is 0 Å². The van der Waals surface area contributed by atoms with E-state index in [0.29, 0.717) is 0 Å². The highest BCUT2D eigenvalue weighted by Crippen LogP contribution is 2.13.